The molecule has 0 aromatic heterocycles. The number of hydrogen-bond acceptors (Lipinski definition) is 3. The minimum Gasteiger partial charge on any atom is -0.353 e. The fourth-order valence-electron chi connectivity index (χ4n) is 3.81. The van der Waals surface area contributed by atoms with Crippen LogP contribution < -0.4 is 10.2 Å². The SMILES string of the molecule is Cc1cc(N2CC(C(=O)NC3CCN(C(C)C)CC3)CC2=O)ccc1Br. The Bertz CT molecular complexity index is 684. The van der Waals surface area contributed by atoms with E-state index in [1.165, 1.54) is 0 Å². The lowest BCUT2D eigenvalue weighted by molar-refractivity contribution is -0.127. The zero-order valence-corrected chi connectivity index (χ0v) is 17.4. The molecular weight excluding hydrogens is 394 g/mol. The molecule has 0 spiro atoms. The van der Waals surface area contributed by atoms with Crippen LogP contribution in [-0.4, -0.2) is 48.4 Å². The van der Waals surface area contributed by atoms with Crippen LogP contribution in [0.3, 0.4) is 0 Å². The van der Waals surface area contributed by atoms with E-state index in [1.54, 1.807) is 4.90 Å². The molecule has 1 atom stereocenters. The van der Waals surface area contributed by atoms with Crippen molar-refractivity contribution in [3.8, 4) is 0 Å². The maximum Gasteiger partial charge on any atom is 0.227 e. The molecule has 142 valence electrons. The lowest BCUT2D eigenvalue weighted by Crippen LogP contribution is -2.48. The van der Waals surface area contributed by atoms with Gasteiger partial charge in [-0.25, -0.2) is 0 Å². The van der Waals surface area contributed by atoms with E-state index in [4.69, 9.17) is 0 Å². The lowest BCUT2D eigenvalue weighted by Gasteiger charge is -2.35. The van der Waals surface area contributed by atoms with E-state index < -0.39 is 0 Å². The first kappa shape index (κ1) is 19.4. The summed E-state index contributed by atoms with van der Waals surface area (Å²) in [5.41, 5.74) is 1.95. The van der Waals surface area contributed by atoms with Crippen LogP contribution in [0.1, 0.15) is 38.7 Å². The van der Waals surface area contributed by atoms with Crippen LogP contribution in [0, 0.1) is 12.8 Å². The highest BCUT2D eigenvalue weighted by molar-refractivity contribution is 9.10. The van der Waals surface area contributed by atoms with Crippen LogP contribution in [0.5, 0.6) is 0 Å². The average Bonchev–Trinajstić information content (AvgIpc) is 3.00. The van der Waals surface area contributed by atoms with Crippen molar-refractivity contribution >= 4 is 33.4 Å². The predicted molar refractivity (Wildman–Crippen MR) is 107 cm³/mol. The topological polar surface area (TPSA) is 52.7 Å². The number of hydrogen-bond donors (Lipinski definition) is 1. The first-order valence-electron chi connectivity index (χ1n) is 9.46. The zero-order chi connectivity index (χ0) is 18.8. The molecule has 26 heavy (non-hydrogen) atoms. The highest BCUT2D eigenvalue weighted by atomic mass is 79.9. The van der Waals surface area contributed by atoms with Gasteiger partial charge in [0.05, 0.1) is 5.92 Å². The van der Waals surface area contributed by atoms with Crippen molar-refractivity contribution in [2.75, 3.05) is 24.5 Å². The third-order valence-electron chi connectivity index (χ3n) is 5.56. The predicted octanol–water partition coefficient (Wildman–Crippen LogP) is 3.10. The van der Waals surface area contributed by atoms with Gasteiger partial charge in [0, 0.05) is 48.3 Å². The third-order valence-corrected chi connectivity index (χ3v) is 6.45. The van der Waals surface area contributed by atoms with Gasteiger partial charge in [-0.05, 0) is 57.4 Å². The maximum atomic E-state index is 12.7. The fraction of sp³-hybridized carbons (Fsp3) is 0.600. The second-order valence-electron chi connectivity index (χ2n) is 7.75. The Morgan fingerprint density at radius 1 is 1.27 bits per heavy atom. The summed E-state index contributed by atoms with van der Waals surface area (Å²) in [6, 6.07) is 6.66. The summed E-state index contributed by atoms with van der Waals surface area (Å²) in [6.07, 6.45) is 2.27. The van der Waals surface area contributed by atoms with Gasteiger partial charge in [-0.3, -0.25) is 9.59 Å². The van der Waals surface area contributed by atoms with Crippen LogP contribution in [0.4, 0.5) is 5.69 Å². The van der Waals surface area contributed by atoms with Crippen LogP contribution in [0.15, 0.2) is 22.7 Å². The molecule has 0 saturated carbocycles. The van der Waals surface area contributed by atoms with E-state index >= 15 is 0 Å². The average molecular weight is 422 g/mol. The van der Waals surface area contributed by atoms with Gasteiger partial charge < -0.3 is 15.1 Å². The molecule has 2 heterocycles. The zero-order valence-electron chi connectivity index (χ0n) is 15.8. The van der Waals surface area contributed by atoms with Crippen LogP contribution in [-0.2, 0) is 9.59 Å². The van der Waals surface area contributed by atoms with Crippen molar-refractivity contribution in [2.24, 2.45) is 5.92 Å². The van der Waals surface area contributed by atoms with Gasteiger partial charge in [0.15, 0.2) is 0 Å². The highest BCUT2D eigenvalue weighted by Gasteiger charge is 2.36. The number of likely N-dealkylation sites (tertiary alicyclic amines) is 1. The number of halogens is 1. The van der Waals surface area contributed by atoms with Crippen molar-refractivity contribution in [1.82, 2.24) is 10.2 Å². The Labute approximate surface area is 164 Å². The second-order valence-corrected chi connectivity index (χ2v) is 8.61. The van der Waals surface area contributed by atoms with Gasteiger partial charge in [0.25, 0.3) is 0 Å². The van der Waals surface area contributed by atoms with Gasteiger partial charge in [-0.15, -0.1) is 0 Å². The maximum absolute atomic E-state index is 12.7. The van der Waals surface area contributed by atoms with Gasteiger partial charge in [0.1, 0.15) is 0 Å². The number of nitrogens with one attached hydrogen (secondary N) is 1. The van der Waals surface area contributed by atoms with E-state index in [0.717, 1.165) is 41.7 Å². The summed E-state index contributed by atoms with van der Waals surface area (Å²) in [6.45, 7) is 8.94. The molecule has 1 N–H and O–H groups in total. The Hall–Kier alpha value is -1.40. The van der Waals surface area contributed by atoms with Crippen LogP contribution in [0.2, 0.25) is 0 Å². The molecule has 1 unspecified atom stereocenters. The Morgan fingerprint density at radius 2 is 1.96 bits per heavy atom. The molecule has 2 aliphatic rings. The molecule has 2 amide bonds. The Kier molecular flexibility index (Phi) is 6.03. The van der Waals surface area contributed by atoms with E-state index in [0.29, 0.717) is 19.0 Å². The number of piperidine rings is 1. The molecule has 5 nitrogen and oxygen atoms in total. The molecular formula is C20H28BrN3O2. The van der Waals surface area contributed by atoms with E-state index in [2.05, 4.69) is 40.0 Å². The van der Waals surface area contributed by atoms with Gasteiger partial charge in [-0.2, -0.15) is 0 Å². The van der Waals surface area contributed by atoms with E-state index in [-0.39, 0.29) is 23.8 Å². The summed E-state index contributed by atoms with van der Waals surface area (Å²) in [7, 11) is 0. The number of carbonyl (C=O) groups is 2. The van der Waals surface area contributed by atoms with Crippen molar-refractivity contribution < 1.29 is 9.59 Å². The number of carbonyl (C=O) groups excluding carboxylic acids is 2. The molecule has 1 aromatic rings. The molecule has 2 saturated heterocycles. The smallest absolute Gasteiger partial charge is 0.227 e. The van der Waals surface area contributed by atoms with Gasteiger partial charge in [-0.1, -0.05) is 15.9 Å². The Morgan fingerprint density at radius 3 is 2.58 bits per heavy atom. The first-order valence-corrected chi connectivity index (χ1v) is 10.3. The molecule has 0 radical (unpaired) electrons. The number of amides is 2. The van der Waals surface area contributed by atoms with E-state index in [1.807, 2.05) is 25.1 Å². The number of rotatable bonds is 4. The fourth-order valence-corrected chi connectivity index (χ4v) is 4.06. The van der Waals surface area contributed by atoms with Gasteiger partial charge >= 0.3 is 0 Å². The van der Waals surface area contributed by atoms with Crippen molar-refractivity contribution in [3.05, 3.63) is 28.2 Å². The number of nitrogens with zero attached hydrogens (tertiary/aromatic N) is 2. The molecule has 2 aliphatic heterocycles. The molecule has 2 fully saturated rings. The van der Waals surface area contributed by atoms with Crippen molar-refractivity contribution in [3.63, 3.8) is 0 Å². The molecule has 1 aromatic carbocycles. The minimum absolute atomic E-state index is 0.0256. The lowest BCUT2D eigenvalue weighted by atomic mass is 10.0. The number of aryl methyl sites for hydroxylation is 1. The third kappa shape index (κ3) is 4.29. The summed E-state index contributed by atoms with van der Waals surface area (Å²) < 4.78 is 1.02. The summed E-state index contributed by atoms with van der Waals surface area (Å²) in [5, 5.41) is 3.18. The monoisotopic (exact) mass is 421 g/mol. The number of benzene rings is 1. The second kappa shape index (κ2) is 8.09. The highest BCUT2D eigenvalue weighted by Crippen LogP contribution is 2.29. The van der Waals surface area contributed by atoms with E-state index in [9.17, 15) is 9.59 Å². The summed E-state index contributed by atoms with van der Waals surface area (Å²) in [4.78, 5) is 29.3. The Balaban J connectivity index is 1.56. The minimum atomic E-state index is -0.255. The molecule has 0 bridgehead atoms. The molecule has 3 rings (SSSR count). The largest absolute Gasteiger partial charge is 0.353 e. The first-order chi connectivity index (χ1) is 12.3. The standard InChI is InChI=1S/C20H28BrN3O2/c1-13(2)23-8-6-16(7-9-23)22-20(26)15-11-19(25)24(12-15)17-4-5-18(21)14(3)10-17/h4-5,10,13,15-16H,6-9,11-12H2,1-3H3,(H,22,26). The van der Waals surface area contributed by atoms with Crippen LogP contribution in [0.25, 0.3) is 0 Å². The molecule has 6 heteroatoms. The quantitative estimate of drug-likeness (QED) is 0.812. The van der Waals surface area contributed by atoms with Gasteiger partial charge in [0.2, 0.25) is 11.8 Å². The van der Waals surface area contributed by atoms with Crippen molar-refractivity contribution in [1.29, 1.82) is 0 Å². The number of anilines is 1. The summed E-state index contributed by atoms with van der Waals surface area (Å²) in [5.74, 6) is -0.200. The van der Waals surface area contributed by atoms with Crippen LogP contribution >= 0.6 is 15.9 Å². The van der Waals surface area contributed by atoms with Crippen molar-refractivity contribution in [2.45, 2.75) is 52.1 Å². The summed E-state index contributed by atoms with van der Waals surface area (Å²) >= 11 is 3.49. The normalized spacial score (nSPS) is 22.3. The molecule has 0 aliphatic carbocycles.